The summed E-state index contributed by atoms with van der Waals surface area (Å²) in [6.07, 6.45) is 3.02. The van der Waals surface area contributed by atoms with E-state index in [1.54, 1.807) is 18.2 Å². The number of rotatable bonds is 2. The standard InChI is InChI=1S/C16H15N3O/c17-10-11-4-6-12(7-5-11)18-14-2-1-3-15-13(14)8-9-16(20)19-15/h4-9,14,18H,1-3H2,(H,19,20). The summed E-state index contributed by atoms with van der Waals surface area (Å²) in [4.78, 5) is 14.3. The molecule has 0 spiro atoms. The van der Waals surface area contributed by atoms with E-state index in [1.165, 1.54) is 5.56 Å². The molecular weight excluding hydrogens is 250 g/mol. The first-order valence-corrected chi connectivity index (χ1v) is 6.75. The molecule has 3 rings (SSSR count). The number of fused-ring (bicyclic) bond motifs is 1. The van der Waals surface area contributed by atoms with Gasteiger partial charge in [-0.2, -0.15) is 5.26 Å². The number of aromatic amines is 1. The lowest BCUT2D eigenvalue weighted by Gasteiger charge is -2.26. The van der Waals surface area contributed by atoms with E-state index < -0.39 is 0 Å². The van der Waals surface area contributed by atoms with E-state index in [1.807, 2.05) is 18.2 Å². The molecule has 0 fully saturated rings. The summed E-state index contributed by atoms with van der Waals surface area (Å²) in [7, 11) is 0. The first-order valence-electron chi connectivity index (χ1n) is 6.75. The Kier molecular flexibility index (Phi) is 3.26. The maximum absolute atomic E-state index is 11.4. The topological polar surface area (TPSA) is 68.7 Å². The third kappa shape index (κ3) is 2.43. The maximum Gasteiger partial charge on any atom is 0.248 e. The second-order valence-corrected chi connectivity index (χ2v) is 5.03. The number of nitriles is 1. The van der Waals surface area contributed by atoms with Crippen molar-refractivity contribution in [3.05, 3.63) is 63.6 Å². The van der Waals surface area contributed by atoms with Crippen LogP contribution in [0.2, 0.25) is 0 Å². The molecule has 0 saturated heterocycles. The lowest BCUT2D eigenvalue weighted by atomic mass is 9.91. The van der Waals surface area contributed by atoms with Crippen molar-refractivity contribution in [3.63, 3.8) is 0 Å². The number of anilines is 1. The first kappa shape index (κ1) is 12.5. The van der Waals surface area contributed by atoms with E-state index >= 15 is 0 Å². The van der Waals surface area contributed by atoms with Crippen LogP contribution in [-0.4, -0.2) is 4.98 Å². The Hall–Kier alpha value is -2.54. The second kappa shape index (κ2) is 5.22. The van der Waals surface area contributed by atoms with Crippen molar-refractivity contribution in [2.24, 2.45) is 0 Å². The number of hydrogen-bond donors (Lipinski definition) is 2. The lowest BCUT2D eigenvalue weighted by molar-refractivity contribution is 0.587. The molecule has 4 nitrogen and oxygen atoms in total. The fourth-order valence-corrected chi connectivity index (χ4v) is 2.69. The molecule has 20 heavy (non-hydrogen) atoms. The number of aryl methyl sites for hydroxylation is 1. The highest BCUT2D eigenvalue weighted by atomic mass is 16.1. The molecular formula is C16H15N3O. The molecule has 4 heteroatoms. The molecule has 1 aromatic heterocycles. The molecule has 0 bridgehead atoms. The van der Waals surface area contributed by atoms with Crippen molar-refractivity contribution in [3.8, 4) is 6.07 Å². The molecule has 100 valence electrons. The van der Waals surface area contributed by atoms with Crippen LogP contribution < -0.4 is 10.9 Å². The van der Waals surface area contributed by atoms with Crippen LogP contribution in [0.3, 0.4) is 0 Å². The Labute approximate surface area is 117 Å². The highest BCUT2D eigenvalue weighted by Crippen LogP contribution is 2.30. The molecule has 1 aromatic carbocycles. The van der Waals surface area contributed by atoms with Gasteiger partial charge in [0.25, 0.3) is 0 Å². The largest absolute Gasteiger partial charge is 0.378 e. The summed E-state index contributed by atoms with van der Waals surface area (Å²) in [6.45, 7) is 0. The van der Waals surface area contributed by atoms with Crippen LogP contribution >= 0.6 is 0 Å². The van der Waals surface area contributed by atoms with Gasteiger partial charge in [-0.1, -0.05) is 0 Å². The van der Waals surface area contributed by atoms with Gasteiger partial charge in [0, 0.05) is 17.4 Å². The van der Waals surface area contributed by atoms with Crippen molar-refractivity contribution in [2.75, 3.05) is 5.32 Å². The Bertz CT molecular complexity index is 710. The van der Waals surface area contributed by atoms with Gasteiger partial charge in [-0.05, 0) is 55.2 Å². The number of nitrogens with zero attached hydrogens (tertiary/aromatic N) is 1. The van der Waals surface area contributed by atoms with Gasteiger partial charge in [-0.15, -0.1) is 0 Å². The molecule has 0 aliphatic heterocycles. The van der Waals surface area contributed by atoms with Crippen molar-refractivity contribution < 1.29 is 0 Å². The van der Waals surface area contributed by atoms with Crippen LogP contribution in [0, 0.1) is 11.3 Å². The molecule has 1 aliphatic rings. The average Bonchev–Trinajstić information content (AvgIpc) is 2.48. The van der Waals surface area contributed by atoms with Crippen LogP contribution in [0.1, 0.15) is 35.7 Å². The van der Waals surface area contributed by atoms with Crippen molar-refractivity contribution in [2.45, 2.75) is 25.3 Å². The molecule has 0 saturated carbocycles. The van der Waals surface area contributed by atoms with Crippen LogP contribution in [0.5, 0.6) is 0 Å². The molecule has 2 aromatic rings. The fraction of sp³-hybridized carbons (Fsp3) is 0.250. The zero-order valence-corrected chi connectivity index (χ0v) is 11.0. The van der Waals surface area contributed by atoms with Gasteiger partial charge in [0.2, 0.25) is 5.56 Å². The molecule has 0 amide bonds. The summed E-state index contributed by atoms with van der Waals surface area (Å²) in [6, 6.07) is 13.3. The van der Waals surface area contributed by atoms with Crippen LogP contribution in [0.15, 0.2) is 41.2 Å². The normalized spacial score (nSPS) is 17.1. The molecule has 0 radical (unpaired) electrons. The number of hydrogen-bond acceptors (Lipinski definition) is 3. The van der Waals surface area contributed by atoms with Gasteiger partial charge in [0.05, 0.1) is 17.7 Å². The summed E-state index contributed by atoms with van der Waals surface area (Å²) >= 11 is 0. The van der Waals surface area contributed by atoms with Crippen molar-refractivity contribution in [1.82, 2.24) is 4.98 Å². The number of H-pyrrole nitrogens is 1. The van der Waals surface area contributed by atoms with E-state index in [4.69, 9.17) is 5.26 Å². The number of pyridine rings is 1. The first-order chi connectivity index (χ1) is 9.76. The Balaban J connectivity index is 1.85. The predicted octanol–water partition coefficient (Wildman–Crippen LogP) is 2.74. The van der Waals surface area contributed by atoms with Gasteiger partial charge in [0.1, 0.15) is 0 Å². The number of aromatic nitrogens is 1. The van der Waals surface area contributed by atoms with E-state index in [9.17, 15) is 4.79 Å². The zero-order chi connectivity index (χ0) is 13.9. The molecule has 1 unspecified atom stereocenters. The summed E-state index contributed by atoms with van der Waals surface area (Å²) < 4.78 is 0. The van der Waals surface area contributed by atoms with Crippen LogP contribution in [-0.2, 0) is 6.42 Å². The van der Waals surface area contributed by atoms with Crippen molar-refractivity contribution >= 4 is 5.69 Å². The third-order valence-corrected chi connectivity index (χ3v) is 3.69. The predicted molar refractivity (Wildman–Crippen MR) is 77.5 cm³/mol. The second-order valence-electron chi connectivity index (χ2n) is 5.03. The number of benzene rings is 1. The Morgan fingerprint density at radius 1 is 1.20 bits per heavy atom. The van der Waals surface area contributed by atoms with E-state index in [-0.39, 0.29) is 11.6 Å². The van der Waals surface area contributed by atoms with Gasteiger partial charge >= 0.3 is 0 Å². The minimum Gasteiger partial charge on any atom is -0.378 e. The zero-order valence-electron chi connectivity index (χ0n) is 11.0. The van der Waals surface area contributed by atoms with Gasteiger partial charge < -0.3 is 10.3 Å². The van der Waals surface area contributed by atoms with Crippen molar-refractivity contribution in [1.29, 1.82) is 5.26 Å². The minimum atomic E-state index is -0.0391. The molecule has 1 atom stereocenters. The van der Waals surface area contributed by atoms with E-state index in [0.29, 0.717) is 5.56 Å². The quantitative estimate of drug-likeness (QED) is 0.877. The third-order valence-electron chi connectivity index (χ3n) is 3.69. The fourth-order valence-electron chi connectivity index (χ4n) is 2.69. The highest BCUT2D eigenvalue weighted by Gasteiger charge is 2.20. The molecule has 1 heterocycles. The maximum atomic E-state index is 11.4. The van der Waals surface area contributed by atoms with Crippen LogP contribution in [0.4, 0.5) is 5.69 Å². The van der Waals surface area contributed by atoms with Gasteiger partial charge in [0.15, 0.2) is 0 Å². The summed E-state index contributed by atoms with van der Waals surface area (Å²) in [5.41, 5.74) is 3.81. The van der Waals surface area contributed by atoms with Crippen LogP contribution in [0.25, 0.3) is 0 Å². The minimum absolute atomic E-state index is 0.0391. The Morgan fingerprint density at radius 3 is 2.75 bits per heavy atom. The van der Waals surface area contributed by atoms with E-state index in [2.05, 4.69) is 16.4 Å². The SMILES string of the molecule is N#Cc1ccc(NC2CCCc3[nH]c(=O)ccc32)cc1. The monoisotopic (exact) mass is 265 g/mol. The highest BCUT2D eigenvalue weighted by molar-refractivity contribution is 5.49. The van der Waals surface area contributed by atoms with E-state index in [0.717, 1.165) is 30.6 Å². The summed E-state index contributed by atoms with van der Waals surface area (Å²) in [5, 5.41) is 12.3. The van der Waals surface area contributed by atoms with Gasteiger partial charge in [-0.25, -0.2) is 0 Å². The lowest BCUT2D eigenvalue weighted by Crippen LogP contribution is -2.21. The smallest absolute Gasteiger partial charge is 0.248 e. The number of nitrogens with one attached hydrogen (secondary N) is 2. The molecule has 1 aliphatic carbocycles. The molecule has 2 N–H and O–H groups in total. The van der Waals surface area contributed by atoms with Gasteiger partial charge in [-0.3, -0.25) is 4.79 Å². The summed E-state index contributed by atoms with van der Waals surface area (Å²) in [5.74, 6) is 0. The average molecular weight is 265 g/mol. The Morgan fingerprint density at radius 2 is 2.00 bits per heavy atom.